The van der Waals surface area contributed by atoms with Crippen molar-refractivity contribution in [2.24, 2.45) is 0 Å². The summed E-state index contributed by atoms with van der Waals surface area (Å²) < 4.78 is 0. The van der Waals surface area contributed by atoms with Crippen LogP contribution in [0.3, 0.4) is 0 Å². The summed E-state index contributed by atoms with van der Waals surface area (Å²) in [5.41, 5.74) is 1.87. The number of rotatable bonds is 2. The molecule has 1 saturated carbocycles. The van der Waals surface area contributed by atoms with E-state index in [0.29, 0.717) is 16.0 Å². The van der Waals surface area contributed by atoms with Crippen molar-refractivity contribution in [1.29, 1.82) is 0 Å². The molecule has 1 aliphatic rings. The number of halogens is 2. The van der Waals surface area contributed by atoms with Gasteiger partial charge in [0, 0.05) is 10.0 Å². The van der Waals surface area contributed by atoms with E-state index >= 15 is 0 Å². The minimum atomic E-state index is -0.523. The molecule has 0 heterocycles. The SMILES string of the molecule is CC(O)c1cc(Cl)c(C2CCCCC2)c(Cl)c1. The Morgan fingerprint density at radius 2 is 1.65 bits per heavy atom. The molecule has 94 valence electrons. The van der Waals surface area contributed by atoms with Crippen LogP contribution in [0.15, 0.2) is 12.1 Å². The Balaban J connectivity index is 2.33. The van der Waals surface area contributed by atoms with Gasteiger partial charge in [-0.15, -0.1) is 0 Å². The van der Waals surface area contributed by atoms with Crippen LogP contribution in [0.1, 0.15) is 62.2 Å². The van der Waals surface area contributed by atoms with Crippen LogP contribution in [0.25, 0.3) is 0 Å². The molecule has 2 rings (SSSR count). The highest BCUT2D eigenvalue weighted by atomic mass is 35.5. The van der Waals surface area contributed by atoms with E-state index in [1.54, 1.807) is 6.92 Å². The first-order valence-corrected chi connectivity index (χ1v) is 7.02. The van der Waals surface area contributed by atoms with Gasteiger partial charge in [-0.1, -0.05) is 42.5 Å². The average Bonchev–Trinajstić information content (AvgIpc) is 2.29. The van der Waals surface area contributed by atoms with E-state index < -0.39 is 6.10 Å². The van der Waals surface area contributed by atoms with E-state index in [1.165, 1.54) is 32.1 Å². The zero-order valence-electron chi connectivity index (χ0n) is 10.0. The molecule has 0 aliphatic heterocycles. The van der Waals surface area contributed by atoms with Gasteiger partial charge in [-0.3, -0.25) is 0 Å². The van der Waals surface area contributed by atoms with E-state index in [1.807, 2.05) is 12.1 Å². The maximum absolute atomic E-state index is 9.56. The van der Waals surface area contributed by atoms with Crippen LogP contribution in [0.2, 0.25) is 10.0 Å². The summed E-state index contributed by atoms with van der Waals surface area (Å²) >= 11 is 12.6. The fourth-order valence-electron chi connectivity index (χ4n) is 2.63. The van der Waals surface area contributed by atoms with Crippen LogP contribution in [0.5, 0.6) is 0 Å². The quantitative estimate of drug-likeness (QED) is 0.795. The minimum absolute atomic E-state index is 0.492. The van der Waals surface area contributed by atoms with Gasteiger partial charge in [0.1, 0.15) is 0 Å². The van der Waals surface area contributed by atoms with Crippen molar-refractivity contribution < 1.29 is 5.11 Å². The monoisotopic (exact) mass is 272 g/mol. The largest absolute Gasteiger partial charge is 0.389 e. The maximum Gasteiger partial charge on any atom is 0.0762 e. The lowest BCUT2D eigenvalue weighted by Crippen LogP contribution is -2.06. The normalized spacial score (nSPS) is 19.3. The van der Waals surface area contributed by atoms with E-state index in [2.05, 4.69) is 0 Å². The maximum atomic E-state index is 9.56. The molecular weight excluding hydrogens is 255 g/mol. The first kappa shape index (κ1) is 13.2. The van der Waals surface area contributed by atoms with Crippen LogP contribution in [0, 0.1) is 0 Å². The molecule has 1 N–H and O–H groups in total. The Hall–Kier alpha value is -0.240. The van der Waals surface area contributed by atoms with Crippen molar-refractivity contribution in [2.75, 3.05) is 0 Å². The second-order valence-electron chi connectivity index (χ2n) is 4.91. The summed E-state index contributed by atoms with van der Waals surface area (Å²) in [6, 6.07) is 3.70. The second kappa shape index (κ2) is 5.60. The van der Waals surface area contributed by atoms with Gasteiger partial charge in [0.2, 0.25) is 0 Å². The standard InChI is InChI=1S/C14H18Cl2O/c1-9(17)11-7-12(15)14(13(16)8-11)10-5-3-2-4-6-10/h7-10,17H,2-6H2,1H3. The minimum Gasteiger partial charge on any atom is -0.389 e. The van der Waals surface area contributed by atoms with Gasteiger partial charge < -0.3 is 5.11 Å². The molecule has 0 saturated heterocycles. The smallest absolute Gasteiger partial charge is 0.0762 e. The number of benzene rings is 1. The Morgan fingerprint density at radius 1 is 1.12 bits per heavy atom. The molecule has 17 heavy (non-hydrogen) atoms. The van der Waals surface area contributed by atoms with Gasteiger partial charge in [0.05, 0.1) is 6.10 Å². The molecule has 0 amide bonds. The highest BCUT2D eigenvalue weighted by molar-refractivity contribution is 6.36. The summed E-state index contributed by atoms with van der Waals surface area (Å²) in [4.78, 5) is 0. The molecule has 0 bridgehead atoms. The molecule has 0 spiro atoms. The number of aliphatic hydroxyl groups is 1. The fourth-order valence-corrected chi connectivity index (χ4v) is 3.44. The third-order valence-corrected chi connectivity index (χ3v) is 4.22. The predicted molar refractivity (Wildman–Crippen MR) is 72.9 cm³/mol. The van der Waals surface area contributed by atoms with Crippen LogP contribution < -0.4 is 0 Å². The first-order chi connectivity index (χ1) is 8.09. The Bertz CT molecular complexity index is 372. The van der Waals surface area contributed by atoms with Crippen LogP contribution in [-0.2, 0) is 0 Å². The zero-order chi connectivity index (χ0) is 12.4. The molecule has 0 radical (unpaired) electrons. The molecule has 1 nitrogen and oxygen atoms in total. The van der Waals surface area contributed by atoms with Crippen LogP contribution >= 0.6 is 23.2 Å². The van der Waals surface area contributed by atoms with E-state index in [4.69, 9.17) is 23.2 Å². The van der Waals surface area contributed by atoms with Crippen molar-refractivity contribution in [3.63, 3.8) is 0 Å². The third kappa shape index (κ3) is 2.96. The number of aliphatic hydroxyl groups excluding tert-OH is 1. The molecule has 1 aliphatic carbocycles. The van der Waals surface area contributed by atoms with E-state index in [9.17, 15) is 5.11 Å². The van der Waals surface area contributed by atoms with E-state index in [0.717, 1.165) is 11.1 Å². The van der Waals surface area contributed by atoms with Gasteiger partial charge in [-0.25, -0.2) is 0 Å². The highest BCUT2D eigenvalue weighted by Crippen LogP contribution is 2.41. The predicted octanol–water partition coefficient (Wildman–Crippen LogP) is 5.09. The molecular formula is C14H18Cl2O. The van der Waals surface area contributed by atoms with Gasteiger partial charge in [0.25, 0.3) is 0 Å². The molecule has 0 aromatic heterocycles. The van der Waals surface area contributed by atoms with Crippen LogP contribution in [0.4, 0.5) is 0 Å². The molecule has 1 atom stereocenters. The Labute approximate surface area is 113 Å². The summed E-state index contributed by atoms with van der Waals surface area (Å²) in [6.07, 6.45) is 5.66. The first-order valence-electron chi connectivity index (χ1n) is 6.26. The molecule has 1 aromatic rings. The molecule has 1 unspecified atom stereocenters. The molecule has 1 fully saturated rings. The van der Waals surface area contributed by atoms with Gasteiger partial charge in [-0.05, 0) is 48.9 Å². The van der Waals surface area contributed by atoms with E-state index in [-0.39, 0.29) is 0 Å². The summed E-state index contributed by atoms with van der Waals surface area (Å²) in [5.74, 6) is 0.492. The molecule has 1 aromatic carbocycles. The number of hydrogen-bond acceptors (Lipinski definition) is 1. The lowest BCUT2D eigenvalue weighted by atomic mass is 9.83. The summed E-state index contributed by atoms with van der Waals surface area (Å²) in [6.45, 7) is 1.72. The van der Waals surface area contributed by atoms with Crippen molar-refractivity contribution in [1.82, 2.24) is 0 Å². The summed E-state index contributed by atoms with van der Waals surface area (Å²) in [5, 5.41) is 11.0. The Kier molecular flexibility index (Phi) is 4.35. The lowest BCUT2D eigenvalue weighted by Gasteiger charge is -2.24. The van der Waals surface area contributed by atoms with Crippen LogP contribution in [-0.4, -0.2) is 5.11 Å². The lowest BCUT2D eigenvalue weighted by molar-refractivity contribution is 0.199. The second-order valence-corrected chi connectivity index (χ2v) is 5.72. The fraction of sp³-hybridized carbons (Fsp3) is 0.571. The van der Waals surface area contributed by atoms with Crippen molar-refractivity contribution in [3.05, 3.63) is 33.3 Å². The van der Waals surface area contributed by atoms with Gasteiger partial charge in [0.15, 0.2) is 0 Å². The van der Waals surface area contributed by atoms with Crippen molar-refractivity contribution >= 4 is 23.2 Å². The third-order valence-electron chi connectivity index (χ3n) is 3.60. The highest BCUT2D eigenvalue weighted by Gasteiger charge is 2.21. The average molecular weight is 273 g/mol. The Morgan fingerprint density at radius 3 is 2.12 bits per heavy atom. The topological polar surface area (TPSA) is 20.2 Å². The van der Waals surface area contributed by atoms with Crippen molar-refractivity contribution in [3.8, 4) is 0 Å². The zero-order valence-corrected chi connectivity index (χ0v) is 11.6. The summed E-state index contributed by atoms with van der Waals surface area (Å²) in [7, 11) is 0. The molecule has 3 heteroatoms. The van der Waals surface area contributed by atoms with Gasteiger partial charge >= 0.3 is 0 Å². The van der Waals surface area contributed by atoms with Gasteiger partial charge in [-0.2, -0.15) is 0 Å². The number of hydrogen-bond donors (Lipinski definition) is 1. The van der Waals surface area contributed by atoms with Crippen molar-refractivity contribution in [2.45, 2.75) is 51.0 Å².